The Hall–Kier alpha value is -2.44. The van der Waals surface area contributed by atoms with Gasteiger partial charge in [0.2, 0.25) is 5.88 Å². The molecular formula is C21H24ClN5O. The van der Waals surface area contributed by atoms with Gasteiger partial charge in [-0.3, -0.25) is 0 Å². The minimum atomic E-state index is 0.463. The highest BCUT2D eigenvalue weighted by molar-refractivity contribution is 6.30. The Morgan fingerprint density at radius 2 is 2.04 bits per heavy atom. The summed E-state index contributed by atoms with van der Waals surface area (Å²) in [6.45, 7) is 3.21. The van der Waals surface area contributed by atoms with Crippen LogP contribution in [0.1, 0.15) is 30.0 Å². The molecule has 4 rings (SSSR count). The van der Waals surface area contributed by atoms with Crippen LogP contribution in [0.4, 0.5) is 0 Å². The Bertz CT molecular complexity index is 920. The molecule has 0 saturated carbocycles. The molecule has 3 heterocycles. The van der Waals surface area contributed by atoms with Crippen LogP contribution in [0.3, 0.4) is 0 Å². The van der Waals surface area contributed by atoms with Crippen LogP contribution in [0.25, 0.3) is 5.69 Å². The minimum absolute atomic E-state index is 0.463. The zero-order valence-corrected chi connectivity index (χ0v) is 16.7. The molecule has 0 amide bonds. The van der Waals surface area contributed by atoms with Crippen molar-refractivity contribution < 1.29 is 4.74 Å². The van der Waals surface area contributed by atoms with Crippen LogP contribution in [0.5, 0.6) is 5.88 Å². The van der Waals surface area contributed by atoms with Gasteiger partial charge in [0, 0.05) is 29.7 Å². The second-order valence-corrected chi connectivity index (χ2v) is 7.58. The molecule has 1 fully saturated rings. The predicted octanol–water partition coefficient (Wildman–Crippen LogP) is 3.75. The summed E-state index contributed by atoms with van der Waals surface area (Å²) >= 11 is 6.08. The van der Waals surface area contributed by atoms with Gasteiger partial charge >= 0.3 is 0 Å². The quantitative estimate of drug-likeness (QED) is 0.634. The van der Waals surface area contributed by atoms with Crippen molar-refractivity contribution >= 4 is 11.6 Å². The second kappa shape index (κ2) is 8.71. The SMILES string of the molecule is COc1cc(CCN2CCC(c3cn(-c4cccc(Cl)c4)nn3)CC2)ccn1. The molecule has 0 bridgehead atoms. The zero-order chi connectivity index (χ0) is 19.3. The third-order valence-corrected chi connectivity index (χ3v) is 5.55. The average Bonchev–Trinajstić information content (AvgIpc) is 3.23. The highest BCUT2D eigenvalue weighted by atomic mass is 35.5. The minimum Gasteiger partial charge on any atom is -0.481 e. The van der Waals surface area contributed by atoms with E-state index in [0.29, 0.717) is 16.8 Å². The van der Waals surface area contributed by atoms with E-state index in [1.54, 1.807) is 7.11 Å². The lowest BCUT2D eigenvalue weighted by Crippen LogP contribution is -2.34. The van der Waals surface area contributed by atoms with Gasteiger partial charge in [0.25, 0.3) is 0 Å². The van der Waals surface area contributed by atoms with Gasteiger partial charge in [0.1, 0.15) is 0 Å². The third-order valence-electron chi connectivity index (χ3n) is 5.31. The van der Waals surface area contributed by atoms with Crippen molar-refractivity contribution in [1.82, 2.24) is 24.9 Å². The molecule has 6 nitrogen and oxygen atoms in total. The Balaban J connectivity index is 1.30. The molecule has 0 atom stereocenters. The lowest BCUT2D eigenvalue weighted by molar-refractivity contribution is 0.213. The Morgan fingerprint density at radius 3 is 2.82 bits per heavy atom. The highest BCUT2D eigenvalue weighted by Crippen LogP contribution is 2.27. The maximum absolute atomic E-state index is 6.08. The molecule has 28 heavy (non-hydrogen) atoms. The molecule has 0 aliphatic carbocycles. The van der Waals surface area contributed by atoms with Crippen LogP contribution in [0.2, 0.25) is 5.02 Å². The van der Waals surface area contributed by atoms with Gasteiger partial charge in [-0.1, -0.05) is 22.9 Å². The summed E-state index contributed by atoms with van der Waals surface area (Å²) in [7, 11) is 1.65. The fraction of sp³-hybridized carbons (Fsp3) is 0.381. The first-order chi connectivity index (χ1) is 13.7. The van der Waals surface area contributed by atoms with Gasteiger partial charge < -0.3 is 9.64 Å². The smallest absolute Gasteiger partial charge is 0.213 e. The van der Waals surface area contributed by atoms with Crippen LogP contribution >= 0.6 is 11.6 Å². The Labute approximate surface area is 170 Å². The molecule has 1 aliphatic rings. The van der Waals surface area contributed by atoms with Crippen LogP contribution < -0.4 is 4.74 Å². The number of pyridine rings is 1. The van der Waals surface area contributed by atoms with E-state index in [-0.39, 0.29) is 0 Å². The van der Waals surface area contributed by atoms with Gasteiger partial charge in [-0.05, 0) is 62.2 Å². The number of hydrogen-bond donors (Lipinski definition) is 0. The van der Waals surface area contributed by atoms with E-state index >= 15 is 0 Å². The van der Waals surface area contributed by atoms with Crippen molar-refractivity contribution in [3.05, 3.63) is 65.1 Å². The van der Waals surface area contributed by atoms with Crippen LogP contribution in [0.15, 0.2) is 48.8 Å². The predicted molar refractivity (Wildman–Crippen MR) is 109 cm³/mol. The molecule has 1 saturated heterocycles. The third kappa shape index (κ3) is 4.51. The van der Waals surface area contributed by atoms with Crippen LogP contribution in [-0.4, -0.2) is 51.6 Å². The molecule has 3 aromatic rings. The van der Waals surface area contributed by atoms with Gasteiger partial charge in [-0.15, -0.1) is 5.10 Å². The number of benzene rings is 1. The van der Waals surface area contributed by atoms with E-state index in [2.05, 4.69) is 26.3 Å². The average molecular weight is 398 g/mol. The van der Waals surface area contributed by atoms with Gasteiger partial charge in [-0.2, -0.15) is 0 Å². The number of halogens is 1. The molecular weight excluding hydrogens is 374 g/mol. The maximum atomic E-state index is 6.08. The number of likely N-dealkylation sites (tertiary alicyclic amines) is 1. The number of rotatable bonds is 6. The van der Waals surface area contributed by atoms with Gasteiger partial charge in [0.15, 0.2) is 0 Å². The Morgan fingerprint density at radius 1 is 1.18 bits per heavy atom. The van der Waals surface area contributed by atoms with Crippen molar-refractivity contribution in [3.63, 3.8) is 0 Å². The van der Waals surface area contributed by atoms with E-state index in [1.807, 2.05) is 47.4 Å². The van der Waals surface area contributed by atoms with Crippen LogP contribution in [-0.2, 0) is 6.42 Å². The largest absolute Gasteiger partial charge is 0.481 e. The first-order valence-electron chi connectivity index (χ1n) is 9.61. The van der Waals surface area contributed by atoms with E-state index in [9.17, 15) is 0 Å². The number of nitrogens with zero attached hydrogens (tertiary/aromatic N) is 5. The molecule has 0 unspecified atom stereocenters. The van der Waals surface area contributed by atoms with Crippen molar-refractivity contribution in [2.75, 3.05) is 26.7 Å². The van der Waals surface area contributed by atoms with Crippen LogP contribution in [0, 0.1) is 0 Å². The fourth-order valence-electron chi connectivity index (χ4n) is 3.67. The molecule has 1 aromatic carbocycles. The highest BCUT2D eigenvalue weighted by Gasteiger charge is 2.23. The Kier molecular flexibility index (Phi) is 5.88. The van der Waals surface area contributed by atoms with Gasteiger partial charge in [-0.25, -0.2) is 9.67 Å². The van der Waals surface area contributed by atoms with Crippen molar-refractivity contribution in [2.24, 2.45) is 0 Å². The lowest BCUT2D eigenvalue weighted by Gasteiger charge is -2.31. The summed E-state index contributed by atoms with van der Waals surface area (Å²) in [4.78, 5) is 6.69. The van der Waals surface area contributed by atoms with E-state index in [1.165, 1.54) is 5.56 Å². The molecule has 7 heteroatoms. The van der Waals surface area contributed by atoms with E-state index < -0.39 is 0 Å². The van der Waals surface area contributed by atoms with Crippen molar-refractivity contribution in [1.29, 1.82) is 0 Å². The topological polar surface area (TPSA) is 56.1 Å². The molecule has 1 aliphatic heterocycles. The lowest BCUT2D eigenvalue weighted by atomic mass is 9.94. The van der Waals surface area contributed by atoms with E-state index in [0.717, 1.165) is 50.3 Å². The fourth-order valence-corrected chi connectivity index (χ4v) is 3.85. The number of methoxy groups -OCH3 is 1. The summed E-state index contributed by atoms with van der Waals surface area (Å²) < 4.78 is 7.01. The summed E-state index contributed by atoms with van der Waals surface area (Å²) in [6.07, 6.45) is 7.06. The molecule has 2 aromatic heterocycles. The van der Waals surface area contributed by atoms with Gasteiger partial charge in [0.05, 0.1) is 24.7 Å². The van der Waals surface area contributed by atoms with Crippen molar-refractivity contribution in [3.8, 4) is 11.6 Å². The van der Waals surface area contributed by atoms with Crippen molar-refractivity contribution in [2.45, 2.75) is 25.2 Å². The molecule has 146 valence electrons. The number of ether oxygens (including phenoxy) is 1. The molecule has 0 radical (unpaired) electrons. The molecule has 0 N–H and O–H groups in total. The maximum Gasteiger partial charge on any atom is 0.213 e. The van der Waals surface area contributed by atoms with E-state index in [4.69, 9.17) is 16.3 Å². The summed E-state index contributed by atoms with van der Waals surface area (Å²) in [5.74, 6) is 1.14. The normalized spacial score (nSPS) is 15.6. The standard InChI is InChI=1S/C21H24ClN5O/c1-28-21-13-16(5-9-23-21)6-10-26-11-7-17(8-12-26)20-15-27(25-24-20)19-4-2-3-18(22)14-19/h2-5,9,13-15,17H,6-8,10-12H2,1H3. The second-order valence-electron chi connectivity index (χ2n) is 7.14. The monoisotopic (exact) mass is 397 g/mol. The summed E-state index contributed by atoms with van der Waals surface area (Å²) in [5.41, 5.74) is 3.27. The first-order valence-corrected chi connectivity index (χ1v) is 9.98. The molecule has 0 spiro atoms. The number of hydrogen-bond acceptors (Lipinski definition) is 5. The number of piperidine rings is 1. The summed E-state index contributed by atoms with van der Waals surface area (Å²) in [5, 5.41) is 9.41. The summed E-state index contributed by atoms with van der Waals surface area (Å²) in [6, 6.07) is 11.7. The zero-order valence-electron chi connectivity index (χ0n) is 16.0. The first kappa shape index (κ1) is 18.9. The number of aromatic nitrogens is 4.